The second kappa shape index (κ2) is 3.77. The molecule has 60 valence electrons. The van der Waals surface area contributed by atoms with Crippen molar-refractivity contribution in [1.29, 1.82) is 0 Å². The first-order valence-electron chi connectivity index (χ1n) is 3.20. The van der Waals surface area contributed by atoms with Gasteiger partial charge in [0.15, 0.2) is 5.60 Å². The lowest BCUT2D eigenvalue weighted by molar-refractivity contribution is -0.148. The van der Waals surface area contributed by atoms with Crippen LogP contribution in [0.2, 0.25) is 0 Å². The second-order valence-electron chi connectivity index (χ2n) is 2.70. The fourth-order valence-electron chi connectivity index (χ4n) is 0.537. The second-order valence-corrected chi connectivity index (χ2v) is 2.70. The maximum absolute atomic E-state index is 10.7. The Kier molecular flexibility index (Phi) is 3.32. The summed E-state index contributed by atoms with van der Waals surface area (Å²) < 4.78 is 4.86. The van der Waals surface area contributed by atoms with E-state index >= 15 is 0 Å². The minimum atomic E-state index is -0.701. The van der Waals surface area contributed by atoms with Gasteiger partial charge < -0.3 is 9.58 Å². The molecule has 0 N–H and O–H groups in total. The van der Waals surface area contributed by atoms with Gasteiger partial charge in [-0.05, 0) is 13.8 Å². The first-order chi connectivity index (χ1) is 5.02. The van der Waals surface area contributed by atoms with Crippen LogP contribution in [0.15, 0.2) is 12.7 Å². The van der Waals surface area contributed by atoms with Crippen molar-refractivity contribution in [2.45, 2.75) is 19.4 Å². The lowest BCUT2D eigenvalue weighted by Crippen LogP contribution is -2.29. The van der Waals surface area contributed by atoms with Gasteiger partial charge in [0.05, 0.1) is 0 Å². The van der Waals surface area contributed by atoms with E-state index in [1.807, 2.05) is 0 Å². The van der Waals surface area contributed by atoms with Crippen molar-refractivity contribution in [3.63, 3.8) is 0 Å². The molecule has 0 aromatic carbocycles. The highest BCUT2D eigenvalue weighted by atomic mass is 16.6. The highest BCUT2D eigenvalue weighted by Crippen LogP contribution is 2.09. The molecular formula is C8H11NO2. The lowest BCUT2D eigenvalue weighted by Gasteiger charge is -2.17. The third-order valence-electron chi connectivity index (χ3n) is 1.00. The van der Waals surface area contributed by atoms with Crippen LogP contribution in [0.4, 0.5) is 0 Å². The molecule has 0 saturated carbocycles. The van der Waals surface area contributed by atoms with Gasteiger partial charge in [-0.3, -0.25) is 0 Å². The third-order valence-corrected chi connectivity index (χ3v) is 1.00. The van der Waals surface area contributed by atoms with Crippen molar-refractivity contribution in [3.05, 3.63) is 24.1 Å². The van der Waals surface area contributed by atoms with Gasteiger partial charge in [-0.15, -0.1) is 0 Å². The van der Waals surface area contributed by atoms with Gasteiger partial charge >= 0.3 is 5.97 Å². The molecule has 0 aliphatic heterocycles. The standard InChI is InChI=1S/C8H11NO2/c1-5-7(10)11-8(2,3)6-9-4/h5H,1,6H2,2-3H3. The molecule has 0 atom stereocenters. The molecule has 3 nitrogen and oxygen atoms in total. The summed E-state index contributed by atoms with van der Waals surface area (Å²) in [7, 11) is 0. The fourth-order valence-corrected chi connectivity index (χ4v) is 0.537. The van der Waals surface area contributed by atoms with Crippen molar-refractivity contribution in [2.24, 2.45) is 0 Å². The Balaban J connectivity index is 4.02. The van der Waals surface area contributed by atoms with Gasteiger partial charge in [0.2, 0.25) is 0 Å². The van der Waals surface area contributed by atoms with Gasteiger partial charge in [0.25, 0.3) is 6.54 Å². The van der Waals surface area contributed by atoms with E-state index in [0.29, 0.717) is 0 Å². The van der Waals surface area contributed by atoms with Crippen LogP contribution < -0.4 is 0 Å². The Bertz CT molecular complexity index is 201. The molecular weight excluding hydrogens is 142 g/mol. The minimum Gasteiger partial charge on any atom is -0.449 e. The van der Waals surface area contributed by atoms with Crippen LogP contribution in [0.25, 0.3) is 4.85 Å². The van der Waals surface area contributed by atoms with Crippen LogP contribution in [0.3, 0.4) is 0 Å². The number of ether oxygens (including phenoxy) is 1. The van der Waals surface area contributed by atoms with Crippen LogP contribution >= 0.6 is 0 Å². The SMILES string of the molecule is [C-]#[N+]CC(C)(C)OC(=O)C=C. The largest absolute Gasteiger partial charge is 0.449 e. The smallest absolute Gasteiger partial charge is 0.330 e. The number of carbonyl (C=O) groups excluding carboxylic acids is 1. The van der Waals surface area contributed by atoms with Gasteiger partial charge in [-0.2, -0.15) is 0 Å². The number of carbonyl (C=O) groups is 1. The molecule has 0 radical (unpaired) electrons. The van der Waals surface area contributed by atoms with Crippen LogP contribution in [-0.2, 0) is 9.53 Å². The highest BCUT2D eigenvalue weighted by molar-refractivity contribution is 5.81. The zero-order chi connectivity index (χ0) is 8.91. The van der Waals surface area contributed by atoms with Gasteiger partial charge in [0.1, 0.15) is 0 Å². The van der Waals surface area contributed by atoms with E-state index in [2.05, 4.69) is 11.4 Å². The normalized spacial score (nSPS) is 9.91. The van der Waals surface area contributed by atoms with E-state index in [4.69, 9.17) is 11.3 Å². The summed E-state index contributed by atoms with van der Waals surface area (Å²) in [5.41, 5.74) is -0.701. The van der Waals surface area contributed by atoms with Crippen molar-refractivity contribution in [3.8, 4) is 0 Å². The maximum atomic E-state index is 10.7. The maximum Gasteiger partial charge on any atom is 0.330 e. The molecule has 0 aromatic heterocycles. The summed E-state index contributed by atoms with van der Waals surface area (Å²) in [5.74, 6) is -0.487. The zero-order valence-corrected chi connectivity index (χ0v) is 6.76. The van der Waals surface area contributed by atoms with E-state index in [-0.39, 0.29) is 6.54 Å². The summed E-state index contributed by atoms with van der Waals surface area (Å²) in [6, 6.07) is 0. The van der Waals surface area contributed by atoms with Crippen LogP contribution in [-0.4, -0.2) is 18.1 Å². The number of rotatable bonds is 3. The van der Waals surface area contributed by atoms with E-state index < -0.39 is 11.6 Å². The molecule has 0 bridgehead atoms. The molecule has 0 saturated heterocycles. The minimum absolute atomic E-state index is 0.173. The van der Waals surface area contributed by atoms with Crippen LogP contribution in [0, 0.1) is 6.57 Å². The molecule has 11 heavy (non-hydrogen) atoms. The van der Waals surface area contributed by atoms with E-state index in [0.717, 1.165) is 6.08 Å². The Morgan fingerprint density at radius 3 is 2.73 bits per heavy atom. The topological polar surface area (TPSA) is 30.7 Å². The van der Waals surface area contributed by atoms with E-state index in [9.17, 15) is 4.79 Å². The van der Waals surface area contributed by atoms with E-state index in [1.54, 1.807) is 13.8 Å². The number of esters is 1. The average molecular weight is 153 g/mol. The Labute approximate surface area is 66.5 Å². The molecule has 0 aliphatic rings. The van der Waals surface area contributed by atoms with E-state index in [1.165, 1.54) is 0 Å². The first kappa shape index (κ1) is 9.70. The van der Waals surface area contributed by atoms with Crippen LogP contribution in [0.5, 0.6) is 0 Å². The van der Waals surface area contributed by atoms with Gasteiger partial charge in [-0.25, -0.2) is 11.4 Å². The zero-order valence-electron chi connectivity index (χ0n) is 6.76. The Morgan fingerprint density at radius 2 is 2.36 bits per heavy atom. The molecule has 0 rings (SSSR count). The van der Waals surface area contributed by atoms with Gasteiger partial charge in [-0.1, -0.05) is 6.58 Å². The first-order valence-corrected chi connectivity index (χ1v) is 3.20. The predicted octanol–water partition coefficient (Wildman–Crippen LogP) is 1.41. The molecule has 0 amide bonds. The number of hydrogen-bond acceptors (Lipinski definition) is 2. The average Bonchev–Trinajstić information content (AvgIpc) is 1.86. The van der Waals surface area contributed by atoms with Crippen LogP contribution in [0.1, 0.15) is 13.8 Å². The fraction of sp³-hybridized carbons (Fsp3) is 0.500. The van der Waals surface area contributed by atoms with Crippen molar-refractivity contribution in [2.75, 3.05) is 6.54 Å². The van der Waals surface area contributed by atoms with Crippen molar-refractivity contribution in [1.82, 2.24) is 0 Å². The molecule has 0 unspecified atom stereocenters. The highest BCUT2D eigenvalue weighted by Gasteiger charge is 2.24. The molecule has 0 heterocycles. The summed E-state index contributed by atoms with van der Waals surface area (Å²) in [4.78, 5) is 13.8. The summed E-state index contributed by atoms with van der Waals surface area (Å²) >= 11 is 0. The Hall–Kier alpha value is -1.30. The number of nitrogens with zero attached hydrogens (tertiary/aromatic N) is 1. The molecule has 0 fully saturated rings. The van der Waals surface area contributed by atoms with Crippen molar-refractivity contribution < 1.29 is 9.53 Å². The molecule has 0 aliphatic carbocycles. The van der Waals surface area contributed by atoms with Gasteiger partial charge in [0, 0.05) is 6.08 Å². The molecule has 0 aromatic rings. The number of hydrogen-bond donors (Lipinski definition) is 0. The quantitative estimate of drug-likeness (QED) is 0.348. The monoisotopic (exact) mass is 153 g/mol. The van der Waals surface area contributed by atoms with Crippen molar-refractivity contribution >= 4 is 5.97 Å². The summed E-state index contributed by atoms with van der Waals surface area (Å²) in [6.45, 7) is 13.4. The molecule has 0 spiro atoms. The summed E-state index contributed by atoms with van der Waals surface area (Å²) in [5, 5.41) is 0. The molecule has 3 heteroatoms. The Morgan fingerprint density at radius 1 is 1.82 bits per heavy atom. The lowest BCUT2D eigenvalue weighted by atomic mass is 10.1. The summed E-state index contributed by atoms with van der Waals surface area (Å²) in [6.07, 6.45) is 1.09. The predicted molar refractivity (Wildman–Crippen MR) is 41.8 cm³/mol. The third kappa shape index (κ3) is 4.15.